The van der Waals surface area contributed by atoms with Crippen molar-refractivity contribution in [3.63, 3.8) is 0 Å². The van der Waals surface area contributed by atoms with Crippen LogP contribution in [-0.4, -0.2) is 28.8 Å². The number of nitrogens with zero attached hydrogens (tertiary/aromatic N) is 1. The molecule has 0 aliphatic carbocycles. The molecule has 0 saturated heterocycles. The number of anilines is 1. The average molecular weight is 516 g/mol. The Balaban J connectivity index is 0.00000186. The first-order valence-corrected chi connectivity index (χ1v) is 12.5. The van der Waals surface area contributed by atoms with E-state index in [1.165, 1.54) is 0 Å². The van der Waals surface area contributed by atoms with Crippen LogP contribution < -0.4 is 21.2 Å². The molecule has 37 heavy (non-hydrogen) atoms. The summed E-state index contributed by atoms with van der Waals surface area (Å²) in [5.41, 5.74) is 4.56. The predicted molar refractivity (Wildman–Crippen MR) is 151 cm³/mol. The van der Waals surface area contributed by atoms with Crippen LogP contribution in [0.4, 0.5) is 5.69 Å². The van der Waals surface area contributed by atoms with Crippen molar-refractivity contribution in [2.24, 2.45) is 4.99 Å². The molecule has 1 heterocycles. The lowest BCUT2D eigenvalue weighted by atomic mass is 9.99. The molecule has 7 heteroatoms. The molecular weight excluding hydrogens is 486 g/mol. The molecular formula is C30H30ClN3O3. The van der Waals surface area contributed by atoms with Crippen LogP contribution >= 0.6 is 11.6 Å². The molecule has 1 unspecified atom stereocenters. The van der Waals surface area contributed by atoms with Crippen LogP contribution in [0.1, 0.15) is 48.2 Å². The molecule has 4 rings (SSSR count). The van der Waals surface area contributed by atoms with E-state index in [0.29, 0.717) is 40.4 Å². The quantitative estimate of drug-likeness (QED) is 0.323. The highest BCUT2D eigenvalue weighted by molar-refractivity contribution is 6.32. The van der Waals surface area contributed by atoms with Gasteiger partial charge in [0, 0.05) is 21.7 Å². The lowest BCUT2D eigenvalue weighted by Gasteiger charge is -2.11. The minimum absolute atomic E-state index is 0.195. The highest BCUT2D eigenvalue weighted by atomic mass is 35.5. The number of carbonyl (C=O) groups excluding carboxylic acids is 2. The van der Waals surface area contributed by atoms with Crippen LogP contribution in [0.5, 0.6) is 0 Å². The Hall–Kier alpha value is -4.00. The van der Waals surface area contributed by atoms with Gasteiger partial charge in [0.25, 0.3) is 5.91 Å². The Morgan fingerprint density at radius 2 is 1.81 bits per heavy atom. The van der Waals surface area contributed by atoms with Gasteiger partial charge >= 0.3 is 0 Å². The number of fused-ring (bicyclic) bond motifs is 1. The van der Waals surface area contributed by atoms with Crippen molar-refractivity contribution >= 4 is 47.0 Å². The molecule has 1 aliphatic heterocycles. The SMILES string of the molecule is C=C/C=c1/cccc/c1=C/CCC1N=C(c2ccc(C(=O)NO)cc2)c2cc(Cl)ccc2NC1=O.CC. The van der Waals surface area contributed by atoms with Crippen LogP contribution in [0, 0.1) is 0 Å². The number of hydroxylamine groups is 1. The number of hydrogen-bond donors (Lipinski definition) is 3. The third kappa shape index (κ3) is 6.82. The van der Waals surface area contributed by atoms with Crippen molar-refractivity contribution in [2.45, 2.75) is 32.7 Å². The fourth-order valence-corrected chi connectivity index (χ4v) is 4.14. The van der Waals surface area contributed by atoms with E-state index in [2.05, 4.69) is 18.0 Å². The van der Waals surface area contributed by atoms with Gasteiger partial charge in [-0.3, -0.25) is 19.8 Å². The van der Waals surface area contributed by atoms with Gasteiger partial charge in [-0.05, 0) is 53.6 Å². The van der Waals surface area contributed by atoms with Gasteiger partial charge in [-0.25, -0.2) is 5.48 Å². The third-order valence-electron chi connectivity index (χ3n) is 5.70. The Bertz CT molecular complexity index is 1430. The second kappa shape index (κ2) is 13.3. The summed E-state index contributed by atoms with van der Waals surface area (Å²) in [6.45, 7) is 7.77. The van der Waals surface area contributed by atoms with Gasteiger partial charge in [0.1, 0.15) is 6.04 Å². The van der Waals surface area contributed by atoms with Crippen molar-refractivity contribution in [2.75, 3.05) is 5.32 Å². The summed E-state index contributed by atoms with van der Waals surface area (Å²) in [6.07, 6.45) is 6.93. The van der Waals surface area contributed by atoms with Gasteiger partial charge in [0.15, 0.2) is 0 Å². The maximum atomic E-state index is 13.1. The zero-order valence-electron chi connectivity index (χ0n) is 20.9. The van der Waals surface area contributed by atoms with Crippen molar-refractivity contribution in [1.82, 2.24) is 5.48 Å². The lowest BCUT2D eigenvalue weighted by molar-refractivity contribution is -0.117. The molecule has 1 aliphatic rings. The highest BCUT2D eigenvalue weighted by Gasteiger charge is 2.25. The number of nitrogens with one attached hydrogen (secondary N) is 2. The Morgan fingerprint density at radius 1 is 1.11 bits per heavy atom. The van der Waals surface area contributed by atoms with E-state index in [-0.39, 0.29) is 5.91 Å². The van der Waals surface area contributed by atoms with E-state index < -0.39 is 11.9 Å². The molecule has 3 aromatic rings. The number of allylic oxidation sites excluding steroid dienone is 1. The van der Waals surface area contributed by atoms with E-state index in [9.17, 15) is 9.59 Å². The summed E-state index contributed by atoms with van der Waals surface area (Å²) in [6, 6.07) is 19.2. The van der Waals surface area contributed by atoms with Crippen LogP contribution in [0.3, 0.4) is 0 Å². The van der Waals surface area contributed by atoms with Gasteiger partial charge in [-0.2, -0.15) is 0 Å². The molecule has 6 nitrogen and oxygen atoms in total. The third-order valence-corrected chi connectivity index (χ3v) is 5.94. The van der Waals surface area contributed by atoms with Crippen LogP contribution in [0.25, 0.3) is 12.2 Å². The summed E-state index contributed by atoms with van der Waals surface area (Å²) >= 11 is 6.27. The van der Waals surface area contributed by atoms with Crippen molar-refractivity contribution in [1.29, 1.82) is 0 Å². The van der Waals surface area contributed by atoms with E-state index in [4.69, 9.17) is 21.8 Å². The molecule has 0 radical (unpaired) electrons. The molecule has 0 aromatic heterocycles. The molecule has 0 bridgehead atoms. The van der Waals surface area contributed by atoms with Gasteiger partial charge in [-0.15, -0.1) is 0 Å². The maximum absolute atomic E-state index is 13.1. The first-order valence-electron chi connectivity index (χ1n) is 12.1. The monoisotopic (exact) mass is 515 g/mol. The second-order valence-electron chi connectivity index (χ2n) is 8.00. The molecule has 190 valence electrons. The first kappa shape index (κ1) is 27.6. The van der Waals surface area contributed by atoms with E-state index in [0.717, 1.165) is 16.0 Å². The fraction of sp³-hybridized carbons (Fsp3) is 0.167. The number of rotatable bonds is 6. The molecule has 3 N–H and O–H groups in total. The van der Waals surface area contributed by atoms with Crippen LogP contribution in [0.2, 0.25) is 5.02 Å². The number of carbonyl (C=O) groups is 2. The van der Waals surface area contributed by atoms with Crippen molar-refractivity contribution in [3.8, 4) is 0 Å². The summed E-state index contributed by atoms with van der Waals surface area (Å²) in [5, 5.41) is 14.5. The van der Waals surface area contributed by atoms with Crippen molar-refractivity contribution < 1.29 is 14.8 Å². The topological polar surface area (TPSA) is 90.8 Å². The van der Waals surface area contributed by atoms with Crippen LogP contribution in [0.15, 0.2) is 84.4 Å². The van der Waals surface area contributed by atoms with E-state index in [1.807, 2.05) is 44.2 Å². The van der Waals surface area contributed by atoms with Gasteiger partial charge in [0.2, 0.25) is 5.91 Å². The second-order valence-corrected chi connectivity index (χ2v) is 8.44. The molecule has 1 atom stereocenters. The van der Waals surface area contributed by atoms with E-state index >= 15 is 0 Å². The van der Waals surface area contributed by atoms with Crippen LogP contribution in [-0.2, 0) is 4.79 Å². The lowest BCUT2D eigenvalue weighted by Crippen LogP contribution is -2.26. The molecule has 0 fully saturated rings. The van der Waals surface area contributed by atoms with Gasteiger partial charge in [0.05, 0.1) is 11.4 Å². The summed E-state index contributed by atoms with van der Waals surface area (Å²) in [7, 11) is 0. The first-order chi connectivity index (χ1) is 18.0. The normalized spacial score (nSPS) is 15.4. The minimum Gasteiger partial charge on any atom is -0.324 e. The maximum Gasteiger partial charge on any atom is 0.274 e. The highest BCUT2D eigenvalue weighted by Crippen LogP contribution is 2.28. The minimum atomic E-state index is -0.622. The summed E-state index contributed by atoms with van der Waals surface area (Å²) in [5.74, 6) is -0.804. The van der Waals surface area contributed by atoms with Gasteiger partial charge < -0.3 is 5.32 Å². The predicted octanol–water partition coefficient (Wildman–Crippen LogP) is 4.87. The zero-order valence-corrected chi connectivity index (χ0v) is 21.6. The number of amides is 2. The summed E-state index contributed by atoms with van der Waals surface area (Å²) < 4.78 is 0. The molecule has 3 aromatic carbocycles. The fourth-order valence-electron chi connectivity index (χ4n) is 3.96. The largest absolute Gasteiger partial charge is 0.324 e. The number of benzene rings is 3. The smallest absolute Gasteiger partial charge is 0.274 e. The van der Waals surface area contributed by atoms with Crippen molar-refractivity contribution in [3.05, 3.63) is 112 Å². The summed E-state index contributed by atoms with van der Waals surface area (Å²) in [4.78, 5) is 29.6. The number of hydrogen-bond acceptors (Lipinski definition) is 4. The standard InChI is InChI=1S/C28H24ClN3O3.C2H6/c1-2-6-18-7-3-4-8-19(18)9-5-10-25-28(34)31-24-16-15-22(29)17-23(24)26(30-25)20-11-13-21(14-12-20)27(33)32-35;1-2/h2-4,6-9,11-17,25,35H,1,5,10H2,(H,31,34)(H,32,33);1-2H3/b18-6-,19-9-;. The Kier molecular flexibility index (Phi) is 9.95. The number of aliphatic imine (C=N–C) groups is 1. The molecule has 0 saturated carbocycles. The average Bonchev–Trinajstić information content (AvgIpc) is 3.06. The van der Waals surface area contributed by atoms with E-state index in [1.54, 1.807) is 54.0 Å². The zero-order chi connectivity index (χ0) is 26.8. The Labute approximate surface area is 221 Å². The number of halogens is 1. The number of benzodiazepines with no additional fused rings is 1. The molecule has 0 spiro atoms. The Morgan fingerprint density at radius 3 is 2.49 bits per heavy atom. The van der Waals surface area contributed by atoms with Gasteiger partial charge in [-0.1, -0.05) is 86.7 Å². The molecule has 2 amide bonds.